The van der Waals surface area contributed by atoms with Crippen LogP contribution in [0.2, 0.25) is 0 Å². The van der Waals surface area contributed by atoms with E-state index in [1.807, 2.05) is 6.92 Å². The molecule has 0 radical (unpaired) electrons. The predicted molar refractivity (Wildman–Crippen MR) is 100.0 cm³/mol. The van der Waals surface area contributed by atoms with Gasteiger partial charge in [-0.25, -0.2) is 0 Å². The van der Waals surface area contributed by atoms with Crippen molar-refractivity contribution in [2.45, 2.75) is 72.4 Å². The average molecular weight is 434 g/mol. The largest absolute Gasteiger partial charge is 0.462 e. The molecule has 0 saturated heterocycles. The molecule has 172 valence electrons. The molecule has 11 heteroatoms. The maximum Gasteiger partial charge on any atom is 0.303 e. The van der Waals surface area contributed by atoms with E-state index in [0.717, 1.165) is 34.6 Å². The van der Waals surface area contributed by atoms with Crippen LogP contribution in [-0.2, 0) is 52.4 Å². The smallest absolute Gasteiger partial charge is 0.303 e. The van der Waals surface area contributed by atoms with Gasteiger partial charge in [0.1, 0.15) is 6.61 Å². The summed E-state index contributed by atoms with van der Waals surface area (Å²) in [5.74, 6) is -3.73. The van der Waals surface area contributed by atoms with Crippen molar-refractivity contribution >= 4 is 29.8 Å². The lowest BCUT2D eigenvalue weighted by Gasteiger charge is -2.35. The monoisotopic (exact) mass is 434 g/mol. The van der Waals surface area contributed by atoms with Gasteiger partial charge in [-0.1, -0.05) is 6.92 Å². The van der Waals surface area contributed by atoms with E-state index >= 15 is 0 Å². The summed E-state index contributed by atoms with van der Waals surface area (Å²) in [6, 6.07) is 0. The number of carbonyl (C=O) groups is 5. The molecule has 11 nitrogen and oxygen atoms in total. The zero-order valence-corrected chi connectivity index (χ0v) is 18.1. The van der Waals surface area contributed by atoms with Crippen molar-refractivity contribution in [2.75, 3.05) is 19.8 Å². The van der Waals surface area contributed by atoms with Gasteiger partial charge in [0.05, 0.1) is 6.61 Å². The summed E-state index contributed by atoms with van der Waals surface area (Å²) in [6.45, 7) is 7.06. The van der Waals surface area contributed by atoms with Crippen LogP contribution in [0.25, 0.3) is 0 Å². The van der Waals surface area contributed by atoms with E-state index in [1.54, 1.807) is 0 Å². The SMILES string of the molecule is CCCOCC(OC(C)=O)C(OC(C)=O)C(OC(C)=O)C(COC(C)=O)OC(C)=O. The summed E-state index contributed by atoms with van der Waals surface area (Å²) in [4.78, 5) is 57.9. The Morgan fingerprint density at radius 1 is 0.600 bits per heavy atom. The van der Waals surface area contributed by atoms with Crippen molar-refractivity contribution in [3.63, 3.8) is 0 Å². The molecule has 0 rings (SSSR count). The quantitative estimate of drug-likeness (QED) is 0.230. The van der Waals surface area contributed by atoms with Gasteiger partial charge in [0, 0.05) is 41.2 Å². The highest BCUT2D eigenvalue weighted by Crippen LogP contribution is 2.20. The van der Waals surface area contributed by atoms with Crippen LogP contribution in [0, 0.1) is 0 Å². The summed E-state index contributed by atoms with van der Waals surface area (Å²) in [6.07, 6.45) is -4.74. The normalized spacial score (nSPS) is 14.5. The van der Waals surface area contributed by atoms with Crippen molar-refractivity contribution in [1.82, 2.24) is 0 Å². The third kappa shape index (κ3) is 12.0. The second-order valence-electron chi connectivity index (χ2n) is 6.32. The van der Waals surface area contributed by atoms with E-state index in [-0.39, 0.29) is 6.61 Å². The van der Waals surface area contributed by atoms with Crippen molar-refractivity contribution in [2.24, 2.45) is 0 Å². The molecule has 0 spiro atoms. The van der Waals surface area contributed by atoms with Crippen LogP contribution in [-0.4, -0.2) is 74.1 Å². The second kappa shape index (κ2) is 14.3. The van der Waals surface area contributed by atoms with Crippen LogP contribution in [0.5, 0.6) is 0 Å². The first-order valence-corrected chi connectivity index (χ1v) is 9.37. The maximum absolute atomic E-state index is 11.7. The van der Waals surface area contributed by atoms with Crippen LogP contribution in [0.4, 0.5) is 0 Å². The van der Waals surface area contributed by atoms with Gasteiger partial charge in [0.15, 0.2) is 24.4 Å². The molecule has 0 fully saturated rings. The topological polar surface area (TPSA) is 141 Å². The summed E-state index contributed by atoms with van der Waals surface area (Å²) in [5.41, 5.74) is 0. The number of esters is 5. The molecule has 0 aromatic carbocycles. The maximum atomic E-state index is 11.7. The zero-order chi connectivity index (χ0) is 23.3. The Bertz CT molecular complexity index is 601. The van der Waals surface area contributed by atoms with Gasteiger partial charge in [-0.15, -0.1) is 0 Å². The number of hydrogen-bond acceptors (Lipinski definition) is 11. The molecule has 0 amide bonds. The van der Waals surface area contributed by atoms with Gasteiger partial charge in [0.25, 0.3) is 0 Å². The minimum absolute atomic E-state index is 0.191. The minimum atomic E-state index is -1.45. The molecule has 4 unspecified atom stereocenters. The molecule has 0 bridgehead atoms. The highest BCUT2D eigenvalue weighted by Gasteiger charge is 2.44. The summed E-state index contributed by atoms with van der Waals surface area (Å²) < 4.78 is 31.2. The third-order valence-electron chi connectivity index (χ3n) is 3.38. The number of ether oxygens (including phenoxy) is 6. The van der Waals surface area contributed by atoms with Gasteiger partial charge < -0.3 is 28.4 Å². The Balaban J connectivity index is 6.10. The van der Waals surface area contributed by atoms with Gasteiger partial charge in [-0.2, -0.15) is 0 Å². The molecule has 0 aliphatic carbocycles. The van der Waals surface area contributed by atoms with E-state index in [1.165, 1.54) is 0 Å². The van der Waals surface area contributed by atoms with Crippen molar-refractivity contribution < 1.29 is 52.4 Å². The van der Waals surface area contributed by atoms with E-state index in [9.17, 15) is 24.0 Å². The van der Waals surface area contributed by atoms with Crippen LogP contribution < -0.4 is 0 Å². The van der Waals surface area contributed by atoms with E-state index in [2.05, 4.69) is 0 Å². The van der Waals surface area contributed by atoms with E-state index in [0.29, 0.717) is 13.0 Å². The molecular weight excluding hydrogens is 404 g/mol. The fraction of sp³-hybridized carbons (Fsp3) is 0.737. The first kappa shape index (κ1) is 27.3. The van der Waals surface area contributed by atoms with E-state index < -0.39 is 60.9 Å². The summed E-state index contributed by atoms with van der Waals surface area (Å²) >= 11 is 0. The molecule has 30 heavy (non-hydrogen) atoms. The van der Waals surface area contributed by atoms with E-state index in [4.69, 9.17) is 28.4 Å². The Kier molecular flexibility index (Phi) is 13.0. The Morgan fingerprint density at radius 3 is 1.33 bits per heavy atom. The summed E-state index contributed by atoms with van der Waals surface area (Å²) in [7, 11) is 0. The van der Waals surface area contributed by atoms with Gasteiger partial charge in [0.2, 0.25) is 0 Å². The molecule has 0 aliphatic heterocycles. The van der Waals surface area contributed by atoms with Crippen LogP contribution >= 0.6 is 0 Å². The summed E-state index contributed by atoms with van der Waals surface area (Å²) in [5, 5.41) is 0. The minimum Gasteiger partial charge on any atom is -0.462 e. The molecule has 0 aromatic heterocycles. The molecule has 0 N–H and O–H groups in total. The highest BCUT2D eigenvalue weighted by molar-refractivity contribution is 5.69. The standard InChI is InChI=1S/C19H30O11/c1-7-8-25-9-16(27-12(3)21)18(29-14(5)23)19(30-15(6)24)17(28-13(4)22)10-26-11(2)20/h16-19H,7-10H2,1-6H3. The lowest BCUT2D eigenvalue weighted by Crippen LogP contribution is -2.54. The molecule has 0 saturated carbocycles. The van der Waals surface area contributed by atoms with Crippen LogP contribution in [0.15, 0.2) is 0 Å². The first-order valence-electron chi connectivity index (χ1n) is 9.37. The number of carbonyl (C=O) groups excluding carboxylic acids is 5. The highest BCUT2D eigenvalue weighted by atomic mass is 16.6. The molecule has 0 heterocycles. The van der Waals surface area contributed by atoms with Crippen molar-refractivity contribution in [3.8, 4) is 0 Å². The fourth-order valence-corrected chi connectivity index (χ4v) is 2.45. The Morgan fingerprint density at radius 2 is 1.00 bits per heavy atom. The zero-order valence-electron chi connectivity index (χ0n) is 18.1. The van der Waals surface area contributed by atoms with Gasteiger partial charge in [-0.05, 0) is 6.42 Å². The fourth-order valence-electron chi connectivity index (χ4n) is 2.45. The molecule has 0 aromatic rings. The third-order valence-corrected chi connectivity index (χ3v) is 3.38. The van der Waals surface area contributed by atoms with Gasteiger partial charge in [-0.3, -0.25) is 24.0 Å². The predicted octanol–water partition coefficient (Wildman–Crippen LogP) is 0.703. The Hall–Kier alpha value is -2.69. The van der Waals surface area contributed by atoms with Crippen molar-refractivity contribution in [3.05, 3.63) is 0 Å². The van der Waals surface area contributed by atoms with Gasteiger partial charge >= 0.3 is 29.8 Å². The second-order valence-corrected chi connectivity index (χ2v) is 6.32. The van der Waals surface area contributed by atoms with Crippen LogP contribution in [0.1, 0.15) is 48.0 Å². The lowest BCUT2D eigenvalue weighted by atomic mass is 10.0. The molecule has 0 aliphatic rings. The van der Waals surface area contributed by atoms with Crippen molar-refractivity contribution in [1.29, 1.82) is 0 Å². The molecular formula is C19H30O11. The first-order chi connectivity index (χ1) is 14.0. The lowest BCUT2D eigenvalue weighted by molar-refractivity contribution is -0.206. The Labute approximate surface area is 175 Å². The average Bonchev–Trinajstić information content (AvgIpc) is 2.59. The number of rotatable bonds is 13. The van der Waals surface area contributed by atoms with Crippen LogP contribution in [0.3, 0.4) is 0 Å². The molecule has 4 atom stereocenters. The number of hydrogen-bond donors (Lipinski definition) is 0.